The third-order valence-corrected chi connectivity index (χ3v) is 6.11. The van der Waals surface area contributed by atoms with Crippen molar-refractivity contribution in [2.24, 2.45) is 11.7 Å². The first-order valence-electron chi connectivity index (χ1n) is 9.52. The van der Waals surface area contributed by atoms with E-state index >= 15 is 0 Å². The van der Waals surface area contributed by atoms with Gasteiger partial charge in [0.15, 0.2) is 0 Å². The van der Waals surface area contributed by atoms with Gasteiger partial charge in [0.25, 0.3) is 0 Å². The summed E-state index contributed by atoms with van der Waals surface area (Å²) in [6, 6.07) is 13.5. The molecule has 3 atom stereocenters. The molecule has 154 valence electrons. The standard InChI is InChI=1S/C22H24BrFN2O3/c1-14(20(25)27)13-22(17-5-9-19(24)10-6-17)11-12-26(21(28)29-22)15(2)16-3-7-18(23)8-4-16/h3-10,14-15H,11-13H2,1-2H3,(H2,25,27)/t14?,15-,22-/m0/s1. The Morgan fingerprint density at radius 2 is 1.83 bits per heavy atom. The minimum absolute atomic E-state index is 0.171. The molecule has 0 saturated carbocycles. The predicted octanol–water partition coefficient (Wildman–Crippen LogP) is 4.90. The summed E-state index contributed by atoms with van der Waals surface area (Å²) in [4.78, 5) is 26.3. The molecular formula is C22H24BrFN2O3. The second kappa shape index (κ2) is 8.53. The average Bonchev–Trinajstić information content (AvgIpc) is 2.68. The molecule has 0 aliphatic carbocycles. The van der Waals surface area contributed by atoms with Gasteiger partial charge in [-0.05, 0) is 42.3 Å². The fourth-order valence-corrected chi connectivity index (χ4v) is 4.02. The fourth-order valence-electron chi connectivity index (χ4n) is 3.76. The van der Waals surface area contributed by atoms with Gasteiger partial charge in [-0.15, -0.1) is 0 Å². The maximum Gasteiger partial charge on any atom is 0.411 e. The molecule has 0 radical (unpaired) electrons. The van der Waals surface area contributed by atoms with Gasteiger partial charge in [0.2, 0.25) is 5.91 Å². The lowest BCUT2D eigenvalue weighted by Gasteiger charge is -2.44. The Balaban J connectivity index is 1.87. The van der Waals surface area contributed by atoms with Crippen LogP contribution in [0.15, 0.2) is 53.0 Å². The van der Waals surface area contributed by atoms with Crippen LogP contribution in [0.5, 0.6) is 0 Å². The van der Waals surface area contributed by atoms with Crippen molar-refractivity contribution >= 4 is 27.9 Å². The lowest BCUT2D eigenvalue weighted by molar-refractivity contribution is -0.126. The maximum absolute atomic E-state index is 13.4. The number of hydrogen-bond donors (Lipinski definition) is 1. The van der Waals surface area contributed by atoms with E-state index in [1.54, 1.807) is 24.0 Å². The largest absolute Gasteiger partial charge is 0.438 e. The Morgan fingerprint density at radius 1 is 1.21 bits per heavy atom. The Kier molecular flexibility index (Phi) is 6.27. The highest BCUT2D eigenvalue weighted by atomic mass is 79.9. The molecule has 1 aliphatic rings. The van der Waals surface area contributed by atoms with Crippen LogP contribution in [-0.2, 0) is 15.1 Å². The zero-order chi connectivity index (χ0) is 21.2. The first kappa shape index (κ1) is 21.3. The Morgan fingerprint density at radius 3 is 2.38 bits per heavy atom. The summed E-state index contributed by atoms with van der Waals surface area (Å²) in [7, 11) is 0. The van der Waals surface area contributed by atoms with E-state index in [1.165, 1.54) is 12.1 Å². The topological polar surface area (TPSA) is 72.6 Å². The van der Waals surface area contributed by atoms with Crippen molar-refractivity contribution in [3.05, 3.63) is 69.9 Å². The van der Waals surface area contributed by atoms with Gasteiger partial charge in [0.05, 0.1) is 6.04 Å². The van der Waals surface area contributed by atoms with Crippen LogP contribution in [0.2, 0.25) is 0 Å². The van der Waals surface area contributed by atoms with Crippen molar-refractivity contribution in [1.29, 1.82) is 0 Å². The van der Waals surface area contributed by atoms with Crippen LogP contribution >= 0.6 is 15.9 Å². The number of ether oxygens (including phenoxy) is 1. The monoisotopic (exact) mass is 462 g/mol. The predicted molar refractivity (Wildman–Crippen MR) is 111 cm³/mol. The number of carbonyl (C=O) groups excluding carboxylic acids is 2. The molecule has 5 nitrogen and oxygen atoms in total. The van der Waals surface area contributed by atoms with Gasteiger partial charge in [-0.1, -0.05) is 47.1 Å². The van der Waals surface area contributed by atoms with E-state index < -0.39 is 23.5 Å². The Hall–Kier alpha value is -2.41. The molecule has 7 heteroatoms. The Bertz CT molecular complexity index is 888. The molecule has 1 saturated heterocycles. The molecule has 1 aliphatic heterocycles. The molecule has 2 aromatic carbocycles. The van der Waals surface area contributed by atoms with Crippen molar-refractivity contribution in [2.75, 3.05) is 6.54 Å². The first-order chi connectivity index (χ1) is 13.7. The van der Waals surface area contributed by atoms with Crippen LogP contribution < -0.4 is 5.73 Å². The van der Waals surface area contributed by atoms with Gasteiger partial charge in [-0.3, -0.25) is 4.79 Å². The number of rotatable bonds is 6. The minimum atomic E-state index is -1.02. The van der Waals surface area contributed by atoms with E-state index in [2.05, 4.69) is 15.9 Å². The molecule has 2 amide bonds. The second-order valence-electron chi connectivity index (χ2n) is 7.55. The zero-order valence-corrected chi connectivity index (χ0v) is 18.0. The number of amides is 2. The van der Waals surface area contributed by atoms with E-state index in [9.17, 15) is 14.0 Å². The number of nitrogens with two attached hydrogens (primary N) is 1. The van der Waals surface area contributed by atoms with Crippen LogP contribution in [0.3, 0.4) is 0 Å². The van der Waals surface area contributed by atoms with Crippen molar-refractivity contribution in [2.45, 2.75) is 38.3 Å². The molecule has 0 bridgehead atoms. The molecule has 1 fully saturated rings. The van der Waals surface area contributed by atoms with E-state index in [4.69, 9.17) is 10.5 Å². The SMILES string of the molecule is CC(C[C@]1(c2ccc(F)cc2)CCN([C@@H](C)c2ccc(Br)cc2)C(=O)O1)C(N)=O. The maximum atomic E-state index is 13.4. The average molecular weight is 463 g/mol. The van der Waals surface area contributed by atoms with Gasteiger partial charge >= 0.3 is 6.09 Å². The molecule has 2 N–H and O–H groups in total. The van der Waals surface area contributed by atoms with Crippen molar-refractivity contribution in [3.8, 4) is 0 Å². The first-order valence-corrected chi connectivity index (χ1v) is 10.3. The number of cyclic esters (lactones) is 1. The second-order valence-corrected chi connectivity index (χ2v) is 8.46. The number of primary amides is 1. The van der Waals surface area contributed by atoms with Gasteiger partial charge < -0.3 is 15.4 Å². The summed E-state index contributed by atoms with van der Waals surface area (Å²) < 4.78 is 20.3. The molecule has 0 spiro atoms. The van der Waals surface area contributed by atoms with E-state index in [0.717, 1.165) is 10.0 Å². The van der Waals surface area contributed by atoms with Gasteiger partial charge in [-0.25, -0.2) is 9.18 Å². The molecular weight excluding hydrogens is 439 g/mol. The highest BCUT2D eigenvalue weighted by molar-refractivity contribution is 9.10. The van der Waals surface area contributed by atoms with Gasteiger partial charge in [0.1, 0.15) is 11.4 Å². The van der Waals surface area contributed by atoms with Gasteiger partial charge in [-0.2, -0.15) is 0 Å². The van der Waals surface area contributed by atoms with Crippen molar-refractivity contribution in [1.82, 2.24) is 4.90 Å². The molecule has 0 aromatic heterocycles. The fraction of sp³-hybridized carbons (Fsp3) is 0.364. The van der Waals surface area contributed by atoms with Crippen molar-refractivity contribution < 1.29 is 18.7 Å². The third kappa shape index (κ3) is 4.61. The quantitative estimate of drug-likeness (QED) is 0.663. The lowest BCUT2D eigenvalue weighted by Crippen LogP contribution is -2.50. The van der Waals surface area contributed by atoms with E-state index in [-0.39, 0.29) is 18.3 Å². The molecule has 1 heterocycles. The number of benzene rings is 2. The normalized spacial score (nSPS) is 21.4. The summed E-state index contributed by atoms with van der Waals surface area (Å²) in [5, 5.41) is 0. The van der Waals surface area contributed by atoms with Gasteiger partial charge in [0, 0.05) is 29.8 Å². The lowest BCUT2D eigenvalue weighted by atomic mass is 9.81. The van der Waals surface area contributed by atoms with Crippen LogP contribution in [0, 0.1) is 11.7 Å². The summed E-state index contributed by atoms with van der Waals surface area (Å²) >= 11 is 3.41. The van der Waals surface area contributed by atoms with Crippen LogP contribution in [0.4, 0.5) is 9.18 Å². The molecule has 3 rings (SSSR count). The number of halogens is 2. The molecule has 29 heavy (non-hydrogen) atoms. The Labute approximate surface area is 178 Å². The highest BCUT2D eigenvalue weighted by Crippen LogP contribution is 2.41. The highest BCUT2D eigenvalue weighted by Gasteiger charge is 2.45. The van der Waals surface area contributed by atoms with Crippen LogP contribution in [-0.4, -0.2) is 23.4 Å². The zero-order valence-electron chi connectivity index (χ0n) is 16.4. The molecule has 1 unspecified atom stereocenters. The van der Waals surface area contributed by atoms with Crippen molar-refractivity contribution in [3.63, 3.8) is 0 Å². The van der Waals surface area contributed by atoms with E-state index in [1.807, 2.05) is 31.2 Å². The smallest absolute Gasteiger partial charge is 0.411 e. The number of hydrogen-bond acceptors (Lipinski definition) is 3. The summed E-state index contributed by atoms with van der Waals surface area (Å²) in [5.41, 5.74) is 6.09. The van der Waals surface area contributed by atoms with Crippen LogP contribution in [0.1, 0.15) is 43.9 Å². The summed E-state index contributed by atoms with van der Waals surface area (Å²) in [5.74, 6) is -1.34. The van der Waals surface area contributed by atoms with E-state index in [0.29, 0.717) is 18.5 Å². The molecule has 2 aromatic rings. The third-order valence-electron chi connectivity index (χ3n) is 5.59. The van der Waals surface area contributed by atoms with Crippen LogP contribution in [0.25, 0.3) is 0 Å². The summed E-state index contributed by atoms with van der Waals surface area (Å²) in [6.45, 7) is 4.10. The summed E-state index contributed by atoms with van der Waals surface area (Å²) in [6.07, 6.45) is 0.260. The minimum Gasteiger partial charge on any atom is -0.438 e. The number of nitrogens with zero attached hydrogens (tertiary/aromatic N) is 1. The number of carbonyl (C=O) groups is 2.